The Bertz CT molecular complexity index is 791. The lowest BCUT2D eigenvalue weighted by Gasteiger charge is -2.18. The number of halogens is 1. The van der Waals surface area contributed by atoms with Crippen molar-refractivity contribution >= 4 is 21.6 Å². The molecule has 2 aromatic rings. The van der Waals surface area contributed by atoms with Crippen LogP contribution in [-0.4, -0.2) is 22.6 Å². The van der Waals surface area contributed by atoms with Crippen LogP contribution in [0.25, 0.3) is 0 Å². The van der Waals surface area contributed by atoms with Crippen LogP contribution >= 0.6 is 11.6 Å². The highest BCUT2D eigenvalue weighted by Crippen LogP contribution is 2.28. The molecule has 0 aromatic heterocycles. The van der Waals surface area contributed by atoms with Crippen LogP contribution in [0.1, 0.15) is 24.9 Å². The van der Waals surface area contributed by atoms with Gasteiger partial charge in [0, 0.05) is 6.04 Å². The van der Waals surface area contributed by atoms with Crippen molar-refractivity contribution in [1.82, 2.24) is 4.72 Å². The number of rotatable bonds is 7. The van der Waals surface area contributed by atoms with E-state index in [-0.39, 0.29) is 16.0 Å². The van der Waals surface area contributed by atoms with Crippen molar-refractivity contribution in [1.29, 1.82) is 0 Å². The van der Waals surface area contributed by atoms with Crippen molar-refractivity contribution in [3.8, 4) is 11.5 Å². The largest absolute Gasteiger partial charge is 0.497 e. The maximum absolute atomic E-state index is 12.6. The smallest absolute Gasteiger partial charge is 0.241 e. The molecular formula is C17H20ClNO4S. The van der Waals surface area contributed by atoms with Gasteiger partial charge in [0.2, 0.25) is 10.0 Å². The predicted octanol–water partition coefficient (Wildman–Crippen LogP) is 3.79. The highest BCUT2D eigenvalue weighted by molar-refractivity contribution is 7.89. The van der Waals surface area contributed by atoms with Crippen molar-refractivity contribution in [2.75, 3.05) is 14.2 Å². The van der Waals surface area contributed by atoms with E-state index in [4.69, 9.17) is 21.1 Å². The highest BCUT2D eigenvalue weighted by Gasteiger charge is 2.21. The molecule has 130 valence electrons. The predicted molar refractivity (Wildman–Crippen MR) is 94.4 cm³/mol. The summed E-state index contributed by atoms with van der Waals surface area (Å²) in [7, 11) is -0.642. The number of benzene rings is 2. The maximum atomic E-state index is 12.6. The zero-order valence-corrected chi connectivity index (χ0v) is 15.3. The lowest BCUT2D eigenvalue weighted by atomic mass is 10.1. The second-order valence-electron chi connectivity index (χ2n) is 5.15. The van der Waals surface area contributed by atoms with E-state index in [1.54, 1.807) is 19.2 Å². The van der Waals surface area contributed by atoms with E-state index in [0.29, 0.717) is 12.2 Å². The number of hydrogen-bond donors (Lipinski definition) is 1. The van der Waals surface area contributed by atoms with E-state index in [1.807, 2.05) is 19.1 Å². The molecule has 0 spiro atoms. The molecule has 1 atom stereocenters. The topological polar surface area (TPSA) is 64.6 Å². The van der Waals surface area contributed by atoms with Gasteiger partial charge in [0.05, 0.1) is 24.1 Å². The van der Waals surface area contributed by atoms with Crippen LogP contribution in [0.4, 0.5) is 0 Å². The van der Waals surface area contributed by atoms with Gasteiger partial charge in [-0.2, -0.15) is 0 Å². The lowest BCUT2D eigenvalue weighted by molar-refractivity contribution is 0.414. The summed E-state index contributed by atoms with van der Waals surface area (Å²) >= 11 is 6.03. The minimum Gasteiger partial charge on any atom is -0.497 e. The monoisotopic (exact) mass is 369 g/mol. The Labute approximate surface area is 147 Å². The van der Waals surface area contributed by atoms with E-state index in [2.05, 4.69) is 4.72 Å². The molecule has 5 nitrogen and oxygen atoms in total. The van der Waals surface area contributed by atoms with Gasteiger partial charge in [0.25, 0.3) is 0 Å². The van der Waals surface area contributed by atoms with Crippen LogP contribution in [0.3, 0.4) is 0 Å². The molecule has 0 bridgehead atoms. The van der Waals surface area contributed by atoms with Crippen molar-refractivity contribution in [2.24, 2.45) is 0 Å². The van der Waals surface area contributed by atoms with Gasteiger partial charge < -0.3 is 9.47 Å². The summed E-state index contributed by atoms with van der Waals surface area (Å²) in [6, 6.07) is 11.3. The molecule has 1 N–H and O–H groups in total. The molecule has 2 rings (SSSR count). The number of sulfonamides is 1. The molecule has 1 unspecified atom stereocenters. The van der Waals surface area contributed by atoms with Crippen LogP contribution in [0.5, 0.6) is 11.5 Å². The fourth-order valence-electron chi connectivity index (χ4n) is 2.29. The van der Waals surface area contributed by atoms with Gasteiger partial charge in [-0.1, -0.05) is 30.7 Å². The maximum Gasteiger partial charge on any atom is 0.241 e. The third-order valence-corrected chi connectivity index (χ3v) is 5.42. The SMILES string of the molecule is CCC(NS(=O)(=O)c1ccc(OC)c(Cl)c1)c1ccc(OC)cc1. The summed E-state index contributed by atoms with van der Waals surface area (Å²) in [5, 5.41) is 0.248. The zero-order valence-electron chi connectivity index (χ0n) is 13.7. The lowest BCUT2D eigenvalue weighted by Crippen LogP contribution is -2.28. The van der Waals surface area contributed by atoms with Gasteiger partial charge in [0.1, 0.15) is 11.5 Å². The van der Waals surface area contributed by atoms with Gasteiger partial charge in [0.15, 0.2) is 0 Å². The van der Waals surface area contributed by atoms with Gasteiger partial charge >= 0.3 is 0 Å². The van der Waals surface area contributed by atoms with Crippen LogP contribution in [0.2, 0.25) is 5.02 Å². The second kappa shape index (κ2) is 7.88. The van der Waals surface area contributed by atoms with E-state index in [1.165, 1.54) is 25.3 Å². The summed E-state index contributed by atoms with van der Waals surface area (Å²) < 4.78 is 38.1. The van der Waals surface area contributed by atoms with E-state index in [0.717, 1.165) is 11.3 Å². The van der Waals surface area contributed by atoms with E-state index >= 15 is 0 Å². The Morgan fingerprint density at radius 2 is 1.75 bits per heavy atom. The van der Waals surface area contributed by atoms with Gasteiger partial charge in [-0.25, -0.2) is 13.1 Å². The fourth-order valence-corrected chi connectivity index (χ4v) is 3.95. The molecule has 0 aliphatic rings. The second-order valence-corrected chi connectivity index (χ2v) is 7.27. The minimum absolute atomic E-state index is 0.0975. The molecule has 0 saturated heterocycles. The molecule has 0 fully saturated rings. The number of methoxy groups -OCH3 is 2. The normalized spacial score (nSPS) is 12.7. The Balaban J connectivity index is 2.26. The molecule has 0 amide bonds. The standard InChI is InChI=1S/C17H20ClNO4S/c1-4-16(12-5-7-13(22-2)8-6-12)19-24(20,21)14-9-10-17(23-3)15(18)11-14/h5-11,16,19H,4H2,1-3H3. The molecule has 0 heterocycles. The van der Waals surface area contributed by atoms with Crippen LogP contribution in [0, 0.1) is 0 Å². The first-order valence-electron chi connectivity index (χ1n) is 7.41. The average Bonchev–Trinajstić information content (AvgIpc) is 2.59. The first-order valence-corrected chi connectivity index (χ1v) is 9.27. The van der Waals surface area contributed by atoms with Gasteiger partial charge in [-0.05, 0) is 42.3 Å². The first-order chi connectivity index (χ1) is 11.4. The van der Waals surface area contributed by atoms with Crippen molar-refractivity contribution < 1.29 is 17.9 Å². The third-order valence-electron chi connectivity index (χ3n) is 3.66. The molecule has 2 aromatic carbocycles. The molecule has 0 aliphatic carbocycles. The van der Waals surface area contributed by atoms with Crippen molar-refractivity contribution in [3.05, 3.63) is 53.1 Å². The molecule has 0 radical (unpaired) electrons. The van der Waals surface area contributed by atoms with Crippen LogP contribution < -0.4 is 14.2 Å². The van der Waals surface area contributed by atoms with E-state index < -0.39 is 10.0 Å². The summed E-state index contributed by atoms with van der Waals surface area (Å²) in [6.45, 7) is 1.92. The van der Waals surface area contributed by atoms with Crippen molar-refractivity contribution in [2.45, 2.75) is 24.3 Å². The Hall–Kier alpha value is -1.76. The van der Waals surface area contributed by atoms with E-state index in [9.17, 15) is 8.42 Å². The van der Waals surface area contributed by atoms with Crippen LogP contribution in [-0.2, 0) is 10.0 Å². The summed E-state index contributed by atoms with van der Waals surface area (Å²) in [4.78, 5) is 0.0975. The number of ether oxygens (including phenoxy) is 2. The average molecular weight is 370 g/mol. The first kappa shape index (κ1) is 18.6. The molecule has 0 aliphatic heterocycles. The highest BCUT2D eigenvalue weighted by atomic mass is 35.5. The third kappa shape index (κ3) is 4.20. The molecule has 24 heavy (non-hydrogen) atoms. The Morgan fingerprint density at radius 1 is 1.08 bits per heavy atom. The quantitative estimate of drug-likeness (QED) is 0.806. The van der Waals surface area contributed by atoms with Crippen molar-refractivity contribution in [3.63, 3.8) is 0 Å². The number of hydrogen-bond acceptors (Lipinski definition) is 4. The fraction of sp³-hybridized carbons (Fsp3) is 0.294. The Morgan fingerprint density at radius 3 is 2.25 bits per heavy atom. The van der Waals surface area contributed by atoms with Gasteiger partial charge in [-0.3, -0.25) is 0 Å². The molecular weight excluding hydrogens is 350 g/mol. The molecule has 7 heteroatoms. The Kier molecular flexibility index (Phi) is 6.10. The van der Waals surface area contributed by atoms with Gasteiger partial charge in [-0.15, -0.1) is 0 Å². The number of nitrogens with one attached hydrogen (secondary N) is 1. The summed E-state index contributed by atoms with van der Waals surface area (Å²) in [6.07, 6.45) is 0.607. The zero-order chi connectivity index (χ0) is 17.7. The van der Waals surface area contributed by atoms with Crippen LogP contribution in [0.15, 0.2) is 47.4 Å². The minimum atomic E-state index is -3.70. The molecule has 0 saturated carbocycles. The summed E-state index contributed by atoms with van der Waals surface area (Å²) in [5.74, 6) is 1.15. The summed E-state index contributed by atoms with van der Waals surface area (Å²) in [5.41, 5.74) is 0.862.